The van der Waals surface area contributed by atoms with E-state index in [0.717, 1.165) is 10.2 Å². The summed E-state index contributed by atoms with van der Waals surface area (Å²) in [6.07, 6.45) is -2.43. The minimum absolute atomic E-state index is 0.203. The zero-order valence-electron chi connectivity index (χ0n) is 10.3. The fourth-order valence-electron chi connectivity index (χ4n) is 1.52. The Bertz CT molecular complexity index is 534. The molecule has 0 saturated heterocycles. The van der Waals surface area contributed by atoms with Crippen LogP contribution >= 0.6 is 11.3 Å². The van der Waals surface area contributed by atoms with Crippen LogP contribution in [0.15, 0.2) is 11.4 Å². The lowest BCUT2D eigenvalue weighted by Gasteiger charge is -2.09. The molecule has 0 aliphatic rings. The number of fused-ring (bicyclic) bond motifs is 1. The third-order valence-electron chi connectivity index (χ3n) is 2.33. The normalized spacial score (nSPS) is 11.2. The molecule has 2 N–H and O–H groups in total. The molecule has 0 aliphatic carbocycles. The second-order valence-corrected chi connectivity index (χ2v) is 4.57. The molecule has 0 amide bonds. The van der Waals surface area contributed by atoms with Crippen LogP contribution in [-0.4, -0.2) is 43.2 Å². The maximum atomic E-state index is 11.9. The first-order valence-electron chi connectivity index (χ1n) is 5.73. The van der Waals surface area contributed by atoms with E-state index in [1.807, 2.05) is 11.4 Å². The standard InChI is InChI=1S/C11H14F2N4OS/c1-14-11-16-9(7-2-5-19-10(7)17-11)15-3-4-18-6-8(12)13/h2,5,8H,3-4,6H2,1H3,(H2,14,15,16,17). The summed E-state index contributed by atoms with van der Waals surface area (Å²) in [7, 11) is 1.74. The number of anilines is 2. The molecule has 0 radical (unpaired) electrons. The number of rotatable bonds is 7. The Balaban J connectivity index is 1.97. The molecule has 8 heteroatoms. The molecule has 0 spiro atoms. The third-order valence-corrected chi connectivity index (χ3v) is 3.14. The SMILES string of the molecule is CNc1nc(NCCOCC(F)F)c2ccsc2n1. The Labute approximate surface area is 113 Å². The molecule has 2 aromatic rings. The number of halogens is 2. The summed E-state index contributed by atoms with van der Waals surface area (Å²) in [6, 6.07) is 1.92. The monoisotopic (exact) mass is 288 g/mol. The first kappa shape index (κ1) is 13.9. The molecule has 0 atom stereocenters. The summed E-state index contributed by atoms with van der Waals surface area (Å²) in [5.74, 6) is 1.20. The summed E-state index contributed by atoms with van der Waals surface area (Å²) in [5, 5.41) is 8.79. The topological polar surface area (TPSA) is 59.1 Å². The van der Waals surface area contributed by atoms with Gasteiger partial charge in [-0.2, -0.15) is 4.98 Å². The minimum atomic E-state index is -2.43. The summed E-state index contributed by atoms with van der Waals surface area (Å²) < 4.78 is 28.6. The number of ether oxygens (including phenoxy) is 1. The fourth-order valence-corrected chi connectivity index (χ4v) is 2.28. The van der Waals surface area contributed by atoms with Gasteiger partial charge in [-0.3, -0.25) is 0 Å². The van der Waals surface area contributed by atoms with E-state index in [2.05, 4.69) is 20.6 Å². The number of nitrogens with zero attached hydrogens (tertiary/aromatic N) is 2. The van der Waals surface area contributed by atoms with Crippen molar-refractivity contribution >= 4 is 33.3 Å². The van der Waals surface area contributed by atoms with Crippen LogP contribution in [0.4, 0.5) is 20.5 Å². The number of aromatic nitrogens is 2. The molecule has 19 heavy (non-hydrogen) atoms. The van der Waals surface area contributed by atoms with Crippen molar-refractivity contribution < 1.29 is 13.5 Å². The highest BCUT2D eigenvalue weighted by molar-refractivity contribution is 7.16. The van der Waals surface area contributed by atoms with E-state index in [0.29, 0.717) is 18.3 Å². The van der Waals surface area contributed by atoms with Gasteiger partial charge in [-0.05, 0) is 11.4 Å². The van der Waals surface area contributed by atoms with Crippen LogP contribution in [0, 0.1) is 0 Å². The smallest absolute Gasteiger partial charge is 0.261 e. The Kier molecular flexibility index (Phi) is 4.80. The Morgan fingerprint density at radius 1 is 1.42 bits per heavy atom. The van der Waals surface area contributed by atoms with Crippen LogP contribution in [0.2, 0.25) is 0 Å². The van der Waals surface area contributed by atoms with E-state index in [4.69, 9.17) is 4.74 Å². The Hall–Kier alpha value is -1.54. The first-order chi connectivity index (χ1) is 9.20. The van der Waals surface area contributed by atoms with Gasteiger partial charge in [0, 0.05) is 13.6 Å². The highest BCUT2D eigenvalue weighted by atomic mass is 32.1. The van der Waals surface area contributed by atoms with Crippen LogP contribution < -0.4 is 10.6 Å². The summed E-state index contributed by atoms with van der Waals surface area (Å²) in [6.45, 7) is 0.0772. The lowest BCUT2D eigenvalue weighted by Crippen LogP contribution is -2.14. The van der Waals surface area contributed by atoms with E-state index in [1.54, 1.807) is 7.05 Å². The summed E-state index contributed by atoms with van der Waals surface area (Å²) in [4.78, 5) is 9.47. The molecule has 0 saturated carbocycles. The highest BCUT2D eigenvalue weighted by Crippen LogP contribution is 2.26. The van der Waals surface area contributed by atoms with Crippen molar-refractivity contribution in [2.75, 3.05) is 37.4 Å². The maximum Gasteiger partial charge on any atom is 0.261 e. The van der Waals surface area contributed by atoms with Crippen molar-refractivity contribution in [2.45, 2.75) is 6.43 Å². The van der Waals surface area contributed by atoms with Crippen molar-refractivity contribution in [3.05, 3.63) is 11.4 Å². The van der Waals surface area contributed by atoms with E-state index in [-0.39, 0.29) is 6.61 Å². The van der Waals surface area contributed by atoms with Crippen molar-refractivity contribution in [1.29, 1.82) is 0 Å². The molecular weight excluding hydrogens is 274 g/mol. The predicted octanol–water partition coefficient (Wildman–Crippen LogP) is 2.43. The molecule has 0 aliphatic heterocycles. The van der Waals surface area contributed by atoms with Gasteiger partial charge in [0.05, 0.1) is 12.0 Å². The molecule has 0 unspecified atom stereocenters. The van der Waals surface area contributed by atoms with Gasteiger partial charge in [-0.25, -0.2) is 13.8 Å². The van der Waals surface area contributed by atoms with Crippen LogP contribution in [0.25, 0.3) is 10.2 Å². The van der Waals surface area contributed by atoms with Crippen LogP contribution in [0.1, 0.15) is 0 Å². The van der Waals surface area contributed by atoms with Gasteiger partial charge < -0.3 is 15.4 Å². The number of thiophene rings is 1. The van der Waals surface area contributed by atoms with E-state index >= 15 is 0 Å². The van der Waals surface area contributed by atoms with Crippen LogP contribution in [-0.2, 0) is 4.74 Å². The zero-order valence-corrected chi connectivity index (χ0v) is 11.1. The quantitative estimate of drug-likeness (QED) is 0.766. The third kappa shape index (κ3) is 3.71. The van der Waals surface area contributed by atoms with Crippen molar-refractivity contribution in [3.8, 4) is 0 Å². The first-order valence-corrected chi connectivity index (χ1v) is 6.61. The predicted molar refractivity (Wildman–Crippen MR) is 72.3 cm³/mol. The Morgan fingerprint density at radius 3 is 3.00 bits per heavy atom. The molecule has 104 valence electrons. The van der Waals surface area contributed by atoms with E-state index in [1.165, 1.54) is 11.3 Å². The number of alkyl halides is 2. The highest BCUT2D eigenvalue weighted by Gasteiger charge is 2.08. The van der Waals surface area contributed by atoms with Gasteiger partial charge in [-0.1, -0.05) is 0 Å². The minimum Gasteiger partial charge on any atom is -0.374 e. The lowest BCUT2D eigenvalue weighted by atomic mass is 10.4. The molecule has 0 aromatic carbocycles. The summed E-state index contributed by atoms with van der Waals surface area (Å²) >= 11 is 1.52. The number of hydrogen-bond donors (Lipinski definition) is 2. The fraction of sp³-hybridized carbons (Fsp3) is 0.455. The average Bonchev–Trinajstić information content (AvgIpc) is 2.85. The number of nitrogens with one attached hydrogen (secondary N) is 2. The molecule has 2 rings (SSSR count). The molecule has 0 bridgehead atoms. The maximum absolute atomic E-state index is 11.9. The molecule has 5 nitrogen and oxygen atoms in total. The van der Waals surface area contributed by atoms with Crippen LogP contribution in [0.3, 0.4) is 0 Å². The molecule has 2 heterocycles. The number of hydrogen-bond acceptors (Lipinski definition) is 6. The summed E-state index contributed by atoms with van der Waals surface area (Å²) in [5.41, 5.74) is 0. The van der Waals surface area contributed by atoms with Crippen molar-refractivity contribution in [1.82, 2.24) is 9.97 Å². The zero-order chi connectivity index (χ0) is 13.7. The second kappa shape index (κ2) is 6.58. The second-order valence-electron chi connectivity index (χ2n) is 3.68. The van der Waals surface area contributed by atoms with Gasteiger partial charge in [0.2, 0.25) is 5.95 Å². The van der Waals surface area contributed by atoms with Crippen molar-refractivity contribution in [2.24, 2.45) is 0 Å². The van der Waals surface area contributed by atoms with E-state index < -0.39 is 13.0 Å². The molecular formula is C11H14F2N4OS. The lowest BCUT2D eigenvalue weighted by molar-refractivity contribution is 0.0215. The van der Waals surface area contributed by atoms with Gasteiger partial charge in [0.25, 0.3) is 6.43 Å². The van der Waals surface area contributed by atoms with Gasteiger partial charge in [-0.15, -0.1) is 11.3 Å². The van der Waals surface area contributed by atoms with Gasteiger partial charge in [0.1, 0.15) is 17.3 Å². The molecule has 2 aromatic heterocycles. The Morgan fingerprint density at radius 2 is 2.26 bits per heavy atom. The average molecular weight is 288 g/mol. The largest absolute Gasteiger partial charge is 0.374 e. The van der Waals surface area contributed by atoms with E-state index in [9.17, 15) is 8.78 Å². The molecule has 0 fully saturated rings. The van der Waals surface area contributed by atoms with Crippen LogP contribution in [0.5, 0.6) is 0 Å². The van der Waals surface area contributed by atoms with Gasteiger partial charge in [0.15, 0.2) is 0 Å². The van der Waals surface area contributed by atoms with Crippen molar-refractivity contribution in [3.63, 3.8) is 0 Å². The van der Waals surface area contributed by atoms with Gasteiger partial charge >= 0.3 is 0 Å².